The van der Waals surface area contributed by atoms with E-state index in [9.17, 15) is 17.6 Å². The topological polar surface area (TPSA) is 94.6 Å². The number of anilines is 1. The van der Waals surface area contributed by atoms with Crippen LogP contribution in [0.1, 0.15) is 15.9 Å². The molecule has 0 saturated heterocycles. The number of rotatable bonds is 1. The van der Waals surface area contributed by atoms with E-state index in [1.165, 1.54) is 31.5 Å². The minimum absolute atomic E-state index is 0.000572. The van der Waals surface area contributed by atoms with Crippen molar-refractivity contribution in [2.24, 2.45) is 0 Å². The lowest BCUT2D eigenvalue weighted by Crippen LogP contribution is -2.15. The second-order valence-electron chi connectivity index (χ2n) is 6.03. The molecule has 0 spiro atoms. The van der Waals surface area contributed by atoms with Gasteiger partial charge in [0.2, 0.25) is 5.95 Å². The SMILES string of the molecule is COc1c(Br)cc2cc1S(=O)(=O)Nc1cc(cs1)-c1cnc(F)cc1COC2=O. The van der Waals surface area contributed by atoms with Gasteiger partial charge in [-0.15, -0.1) is 11.3 Å². The number of halogens is 2. The van der Waals surface area contributed by atoms with Gasteiger partial charge >= 0.3 is 5.97 Å². The van der Waals surface area contributed by atoms with Gasteiger partial charge in [-0.05, 0) is 39.7 Å². The molecule has 4 bridgehead atoms. The highest BCUT2D eigenvalue weighted by atomic mass is 79.9. The van der Waals surface area contributed by atoms with Crippen molar-refractivity contribution in [1.82, 2.24) is 4.98 Å². The number of ether oxygens (including phenoxy) is 2. The normalized spacial score (nSPS) is 15.1. The molecule has 4 rings (SSSR count). The fourth-order valence-electron chi connectivity index (χ4n) is 2.88. The van der Waals surface area contributed by atoms with E-state index in [0.29, 0.717) is 21.7 Å². The standard InChI is InChI=1S/C18H12BrFN2O5S2/c1-26-17-13(19)2-9-3-14(17)29(24,25)22-16-5-11(8-28-16)12-6-21-15(20)4-10(12)7-27-18(9)23/h2-6,8,22H,7H2,1H3. The number of thiophene rings is 1. The number of nitrogens with zero attached hydrogens (tertiary/aromatic N) is 1. The Morgan fingerprint density at radius 2 is 2.07 bits per heavy atom. The van der Waals surface area contributed by atoms with Crippen molar-refractivity contribution in [3.05, 3.63) is 57.4 Å². The van der Waals surface area contributed by atoms with Crippen LogP contribution < -0.4 is 9.46 Å². The van der Waals surface area contributed by atoms with E-state index in [1.54, 1.807) is 11.4 Å². The maximum Gasteiger partial charge on any atom is 0.338 e. The lowest BCUT2D eigenvalue weighted by atomic mass is 10.1. The van der Waals surface area contributed by atoms with Gasteiger partial charge < -0.3 is 9.47 Å². The molecule has 11 heteroatoms. The monoisotopic (exact) mass is 498 g/mol. The molecular formula is C18H12BrFN2O5S2. The van der Waals surface area contributed by atoms with Crippen molar-refractivity contribution in [3.63, 3.8) is 0 Å². The molecule has 7 nitrogen and oxygen atoms in total. The van der Waals surface area contributed by atoms with Crippen LogP contribution in [0.4, 0.5) is 9.39 Å². The Morgan fingerprint density at radius 1 is 1.28 bits per heavy atom. The first-order chi connectivity index (χ1) is 13.8. The zero-order valence-corrected chi connectivity index (χ0v) is 18.0. The lowest BCUT2D eigenvalue weighted by Gasteiger charge is -2.14. The van der Waals surface area contributed by atoms with Crippen LogP contribution in [0.5, 0.6) is 5.75 Å². The minimum Gasteiger partial charge on any atom is -0.494 e. The van der Waals surface area contributed by atoms with Gasteiger partial charge in [0.15, 0.2) is 5.75 Å². The van der Waals surface area contributed by atoms with Crippen molar-refractivity contribution in [2.75, 3.05) is 11.8 Å². The van der Waals surface area contributed by atoms with E-state index in [0.717, 1.165) is 11.3 Å². The number of esters is 1. The van der Waals surface area contributed by atoms with Crippen LogP contribution in [0.3, 0.4) is 0 Å². The van der Waals surface area contributed by atoms with Crippen LogP contribution in [-0.2, 0) is 21.4 Å². The van der Waals surface area contributed by atoms with Gasteiger partial charge in [0.1, 0.15) is 16.5 Å². The predicted molar refractivity (Wildman–Crippen MR) is 108 cm³/mol. The second kappa shape index (κ2) is 7.39. The number of aromatic nitrogens is 1. The number of benzene rings is 1. The second-order valence-corrected chi connectivity index (χ2v) is 9.45. The van der Waals surface area contributed by atoms with Gasteiger partial charge in [0, 0.05) is 28.8 Å². The number of pyridine rings is 1. The molecule has 0 radical (unpaired) electrons. The van der Waals surface area contributed by atoms with E-state index in [1.807, 2.05) is 0 Å². The van der Waals surface area contributed by atoms with E-state index in [4.69, 9.17) is 9.47 Å². The fourth-order valence-corrected chi connectivity index (χ4v) is 5.95. The number of carbonyl (C=O) groups excluding carboxylic acids is 1. The number of methoxy groups -OCH3 is 1. The van der Waals surface area contributed by atoms with Gasteiger partial charge in [-0.25, -0.2) is 18.2 Å². The van der Waals surface area contributed by atoms with Gasteiger partial charge in [-0.2, -0.15) is 4.39 Å². The number of fused-ring (bicyclic) bond motifs is 6. The Bertz CT molecular complexity index is 1240. The summed E-state index contributed by atoms with van der Waals surface area (Å²) >= 11 is 4.39. The molecule has 1 aromatic carbocycles. The molecule has 3 heterocycles. The molecule has 150 valence electrons. The summed E-state index contributed by atoms with van der Waals surface area (Å²) in [7, 11) is -2.75. The van der Waals surface area contributed by atoms with Gasteiger partial charge in [0.25, 0.3) is 10.0 Å². The molecule has 1 aliphatic heterocycles. The Balaban J connectivity index is 1.93. The lowest BCUT2D eigenvalue weighted by molar-refractivity contribution is 0.0472. The van der Waals surface area contributed by atoms with Crippen LogP contribution in [0, 0.1) is 5.95 Å². The van der Waals surface area contributed by atoms with Gasteiger partial charge in [0.05, 0.1) is 17.1 Å². The maximum absolute atomic E-state index is 13.7. The van der Waals surface area contributed by atoms with E-state index in [-0.39, 0.29) is 27.3 Å². The van der Waals surface area contributed by atoms with Crippen LogP contribution in [0.2, 0.25) is 0 Å². The summed E-state index contributed by atoms with van der Waals surface area (Å²) in [6.07, 6.45) is 1.32. The molecule has 1 aliphatic rings. The molecule has 0 amide bonds. The predicted octanol–water partition coefficient (Wildman–Crippen LogP) is 4.19. The summed E-state index contributed by atoms with van der Waals surface area (Å²) in [5, 5.41) is 2.04. The van der Waals surface area contributed by atoms with Crippen LogP contribution >= 0.6 is 27.3 Å². The number of hydrogen-bond acceptors (Lipinski definition) is 7. The van der Waals surface area contributed by atoms with Gasteiger partial charge in [-0.3, -0.25) is 4.72 Å². The molecule has 3 aromatic rings. The molecule has 0 saturated carbocycles. The molecule has 0 unspecified atom stereocenters. The van der Waals surface area contributed by atoms with Crippen LogP contribution in [0.25, 0.3) is 11.1 Å². The fraction of sp³-hybridized carbons (Fsp3) is 0.111. The van der Waals surface area contributed by atoms with E-state index in [2.05, 4.69) is 25.6 Å². The highest BCUT2D eigenvalue weighted by Crippen LogP contribution is 2.37. The van der Waals surface area contributed by atoms with Crippen molar-refractivity contribution in [3.8, 4) is 16.9 Å². The maximum atomic E-state index is 13.7. The summed E-state index contributed by atoms with van der Waals surface area (Å²) in [6.45, 7) is -0.210. The molecule has 0 aliphatic carbocycles. The average Bonchev–Trinajstić information content (AvgIpc) is 3.12. The highest BCUT2D eigenvalue weighted by molar-refractivity contribution is 9.10. The highest BCUT2D eigenvalue weighted by Gasteiger charge is 2.26. The molecule has 0 fully saturated rings. The van der Waals surface area contributed by atoms with Crippen molar-refractivity contribution in [2.45, 2.75) is 11.5 Å². The van der Waals surface area contributed by atoms with Crippen molar-refractivity contribution >= 4 is 48.3 Å². The summed E-state index contributed by atoms with van der Waals surface area (Å²) in [5.74, 6) is -1.43. The van der Waals surface area contributed by atoms with Crippen LogP contribution in [-0.4, -0.2) is 26.5 Å². The van der Waals surface area contributed by atoms with Crippen molar-refractivity contribution < 1.29 is 27.1 Å². The quantitative estimate of drug-likeness (QED) is 0.399. The molecular weight excluding hydrogens is 487 g/mol. The summed E-state index contributed by atoms with van der Waals surface area (Å²) in [6, 6.07) is 5.36. The summed E-state index contributed by atoms with van der Waals surface area (Å²) < 4.78 is 52.9. The third-order valence-electron chi connectivity index (χ3n) is 4.20. The molecule has 0 atom stereocenters. The largest absolute Gasteiger partial charge is 0.494 e. The van der Waals surface area contributed by atoms with Crippen LogP contribution in [0.15, 0.2) is 45.2 Å². The number of nitrogens with one attached hydrogen (secondary N) is 1. The third-order valence-corrected chi connectivity index (χ3v) is 7.13. The summed E-state index contributed by atoms with van der Waals surface area (Å²) in [5.41, 5.74) is 1.56. The number of cyclic esters (lactones) is 1. The Labute approximate surface area is 177 Å². The minimum atomic E-state index is -4.08. The molecule has 2 aromatic heterocycles. The third kappa shape index (κ3) is 3.72. The van der Waals surface area contributed by atoms with Gasteiger partial charge in [-0.1, -0.05) is 0 Å². The van der Waals surface area contributed by atoms with E-state index < -0.39 is 21.9 Å². The van der Waals surface area contributed by atoms with E-state index >= 15 is 0 Å². The number of carbonyl (C=O) groups is 1. The molecule has 29 heavy (non-hydrogen) atoms. The van der Waals surface area contributed by atoms with Crippen molar-refractivity contribution in [1.29, 1.82) is 0 Å². The first kappa shape index (κ1) is 19.8. The zero-order valence-electron chi connectivity index (χ0n) is 14.7. The molecule has 1 N–H and O–H groups in total. The summed E-state index contributed by atoms with van der Waals surface area (Å²) in [4.78, 5) is 16.0. The number of hydrogen-bond donors (Lipinski definition) is 1. The first-order valence-corrected chi connectivity index (χ1v) is 11.2. The Hall–Kier alpha value is -2.50. The number of sulfonamides is 1. The Kier molecular flexibility index (Phi) is 5.05. The average molecular weight is 499 g/mol. The smallest absolute Gasteiger partial charge is 0.338 e. The zero-order chi connectivity index (χ0) is 20.8. The first-order valence-electron chi connectivity index (χ1n) is 8.09. The Morgan fingerprint density at radius 3 is 2.83 bits per heavy atom.